The second-order valence-electron chi connectivity index (χ2n) is 8.73. The van der Waals surface area contributed by atoms with Crippen LogP contribution in [0.3, 0.4) is 0 Å². The molecule has 3 rings (SSSR count). The Kier molecular flexibility index (Phi) is 7.44. The van der Waals surface area contributed by atoms with Crippen molar-refractivity contribution in [2.75, 3.05) is 6.54 Å². The topological polar surface area (TPSA) is 105 Å². The number of aromatic nitrogens is 4. The number of carbonyl (C=O) groups excluding carboxylic acids is 1. The zero-order valence-corrected chi connectivity index (χ0v) is 20.6. The second-order valence-corrected chi connectivity index (χ2v) is 10.4. The van der Waals surface area contributed by atoms with Crippen molar-refractivity contribution >= 4 is 28.7 Å². The molecule has 0 bridgehead atoms. The molecule has 1 aromatic carbocycles. The van der Waals surface area contributed by atoms with Crippen molar-refractivity contribution in [3.63, 3.8) is 0 Å². The summed E-state index contributed by atoms with van der Waals surface area (Å²) in [6.45, 7) is 10.6. The lowest BCUT2D eigenvalue weighted by atomic mass is 10.1. The van der Waals surface area contributed by atoms with Crippen molar-refractivity contribution in [2.24, 2.45) is 5.73 Å². The van der Waals surface area contributed by atoms with Crippen LogP contribution in [-0.4, -0.2) is 35.8 Å². The molecule has 2 N–H and O–H groups in total. The number of aryl methyl sites for hydroxylation is 1. The Hall–Kier alpha value is -2.91. The third kappa shape index (κ3) is 5.20. The fourth-order valence-corrected chi connectivity index (χ4v) is 4.35. The van der Waals surface area contributed by atoms with Crippen LogP contribution in [0.1, 0.15) is 45.0 Å². The maximum absolute atomic E-state index is 13.6. The molecule has 0 atom stereocenters. The molecule has 0 spiro atoms. The van der Waals surface area contributed by atoms with Crippen LogP contribution < -0.4 is 17.0 Å². The van der Waals surface area contributed by atoms with E-state index in [4.69, 9.17) is 10.7 Å². The van der Waals surface area contributed by atoms with E-state index in [0.717, 1.165) is 10.1 Å². The molecule has 0 saturated carbocycles. The van der Waals surface area contributed by atoms with Gasteiger partial charge in [-0.1, -0.05) is 53.7 Å². The fraction of sp³-hybridized carbons (Fsp3) is 0.417. The van der Waals surface area contributed by atoms with Gasteiger partial charge in [0.25, 0.3) is 5.56 Å². The normalized spacial score (nSPS) is 11.7. The summed E-state index contributed by atoms with van der Waals surface area (Å²) in [6.07, 6.45) is 2.00. The molecule has 0 aliphatic heterocycles. The first-order valence-electron chi connectivity index (χ1n) is 10.9. The number of fused-ring (bicyclic) bond motifs is 1. The van der Waals surface area contributed by atoms with Gasteiger partial charge < -0.3 is 10.3 Å². The average molecular weight is 470 g/mol. The van der Waals surface area contributed by atoms with E-state index >= 15 is 0 Å². The Balaban J connectivity index is 2.27. The van der Waals surface area contributed by atoms with Crippen molar-refractivity contribution < 1.29 is 4.79 Å². The minimum absolute atomic E-state index is 0.300. The van der Waals surface area contributed by atoms with Crippen LogP contribution in [0.5, 0.6) is 0 Å². The Morgan fingerprint density at radius 1 is 1.12 bits per heavy atom. The van der Waals surface area contributed by atoms with Gasteiger partial charge in [0.05, 0.1) is 6.54 Å². The van der Waals surface area contributed by atoms with Gasteiger partial charge in [0.1, 0.15) is 0 Å². The number of Topliss-reactive ketones (excluding diaryl/α,β-unsaturated/α-hetero) is 1. The van der Waals surface area contributed by atoms with Crippen LogP contribution >= 0.6 is 11.8 Å². The highest BCUT2D eigenvalue weighted by Crippen LogP contribution is 2.32. The Labute approximate surface area is 197 Å². The van der Waals surface area contributed by atoms with Gasteiger partial charge in [-0.05, 0) is 34.6 Å². The van der Waals surface area contributed by atoms with Gasteiger partial charge in [-0.3, -0.25) is 18.7 Å². The molecular formula is C24H31N5O3S. The summed E-state index contributed by atoms with van der Waals surface area (Å²) in [7, 11) is 0. The number of thioether (sulfide) groups is 1. The highest BCUT2D eigenvalue weighted by atomic mass is 32.2. The zero-order valence-electron chi connectivity index (χ0n) is 19.8. The predicted octanol–water partition coefficient (Wildman–Crippen LogP) is 3.06. The largest absolute Gasteiger partial charge is 0.333 e. The van der Waals surface area contributed by atoms with Crippen LogP contribution in [0.2, 0.25) is 0 Å². The van der Waals surface area contributed by atoms with E-state index in [0.29, 0.717) is 41.5 Å². The van der Waals surface area contributed by atoms with Gasteiger partial charge in [-0.2, -0.15) is 0 Å². The maximum atomic E-state index is 13.6. The van der Waals surface area contributed by atoms with Gasteiger partial charge >= 0.3 is 5.69 Å². The maximum Gasteiger partial charge on any atom is 0.333 e. The van der Waals surface area contributed by atoms with Crippen LogP contribution in [-0.2, 0) is 19.6 Å². The van der Waals surface area contributed by atoms with Crippen molar-refractivity contribution in [3.8, 4) is 0 Å². The van der Waals surface area contributed by atoms with E-state index in [9.17, 15) is 14.4 Å². The second kappa shape index (κ2) is 9.93. The number of ketones is 1. The lowest BCUT2D eigenvalue weighted by Crippen LogP contribution is -2.42. The molecule has 0 amide bonds. The predicted molar refractivity (Wildman–Crippen MR) is 133 cm³/mol. The van der Waals surface area contributed by atoms with E-state index < -0.39 is 11.2 Å². The van der Waals surface area contributed by atoms with Gasteiger partial charge in [0.2, 0.25) is 0 Å². The summed E-state index contributed by atoms with van der Waals surface area (Å²) in [4.78, 5) is 44.3. The van der Waals surface area contributed by atoms with Crippen LogP contribution in [0.25, 0.3) is 11.2 Å². The first-order chi connectivity index (χ1) is 15.6. The Bertz CT molecular complexity index is 1310. The molecule has 0 aliphatic carbocycles. The first kappa shape index (κ1) is 24.7. The molecule has 0 aliphatic rings. The minimum atomic E-state index is -0.541. The van der Waals surface area contributed by atoms with Crippen molar-refractivity contribution in [2.45, 2.75) is 64.2 Å². The van der Waals surface area contributed by atoms with Gasteiger partial charge in [0, 0.05) is 29.9 Å². The van der Waals surface area contributed by atoms with Crippen molar-refractivity contribution in [1.82, 2.24) is 18.7 Å². The summed E-state index contributed by atoms with van der Waals surface area (Å²) >= 11 is 1.47. The quantitative estimate of drug-likeness (QED) is 0.293. The average Bonchev–Trinajstić information content (AvgIpc) is 3.13. The lowest BCUT2D eigenvalue weighted by molar-refractivity contribution is 0.0968. The SMILES string of the molecule is CCn1c(=O)n(CC(=O)c2ccccc2)c(=O)c2c1nc(SC(C)(C)CN)n2CC=C(C)C. The molecule has 9 heteroatoms. The molecule has 0 unspecified atom stereocenters. The number of imidazole rings is 1. The summed E-state index contributed by atoms with van der Waals surface area (Å²) in [5.74, 6) is -0.300. The molecule has 33 heavy (non-hydrogen) atoms. The third-order valence-corrected chi connectivity index (χ3v) is 6.55. The highest BCUT2D eigenvalue weighted by Gasteiger charge is 2.26. The summed E-state index contributed by atoms with van der Waals surface area (Å²) in [6, 6.07) is 8.66. The summed E-state index contributed by atoms with van der Waals surface area (Å²) < 4.78 is 3.98. The lowest BCUT2D eigenvalue weighted by Gasteiger charge is -2.21. The molecule has 2 aromatic heterocycles. The molecule has 2 heterocycles. The van der Waals surface area contributed by atoms with Crippen LogP contribution in [0.15, 0.2) is 56.7 Å². The number of nitrogens with two attached hydrogens (primary N) is 1. The number of benzene rings is 1. The molecule has 8 nitrogen and oxygen atoms in total. The van der Waals surface area contributed by atoms with E-state index in [1.165, 1.54) is 16.3 Å². The minimum Gasteiger partial charge on any atom is -0.329 e. The number of allylic oxidation sites excluding steroid dienone is 2. The molecule has 0 saturated heterocycles. The van der Waals surface area contributed by atoms with E-state index in [-0.39, 0.29) is 17.1 Å². The molecular weight excluding hydrogens is 438 g/mol. The van der Waals surface area contributed by atoms with Crippen molar-refractivity contribution in [1.29, 1.82) is 0 Å². The van der Waals surface area contributed by atoms with Crippen molar-refractivity contribution in [3.05, 3.63) is 68.4 Å². The van der Waals surface area contributed by atoms with Crippen LogP contribution in [0.4, 0.5) is 0 Å². The number of carbonyl (C=O) groups is 1. The summed E-state index contributed by atoms with van der Waals surface area (Å²) in [5.41, 5.74) is 7.06. The van der Waals surface area contributed by atoms with Crippen LogP contribution in [0, 0.1) is 0 Å². The van der Waals surface area contributed by atoms with E-state index in [2.05, 4.69) is 0 Å². The van der Waals surface area contributed by atoms with Gasteiger partial charge in [-0.15, -0.1) is 0 Å². The monoisotopic (exact) mass is 469 g/mol. The zero-order chi connectivity index (χ0) is 24.3. The van der Waals surface area contributed by atoms with Gasteiger partial charge in [-0.25, -0.2) is 9.78 Å². The Morgan fingerprint density at radius 2 is 1.79 bits per heavy atom. The number of hydrogen-bond acceptors (Lipinski definition) is 6. The first-order valence-corrected chi connectivity index (χ1v) is 11.8. The van der Waals surface area contributed by atoms with E-state index in [1.807, 2.05) is 51.3 Å². The molecule has 3 aromatic rings. The van der Waals surface area contributed by atoms with E-state index in [1.54, 1.807) is 24.3 Å². The molecule has 0 fully saturated rings. The number of rotatable bonds is 9. The standard InChI is InChI=1S/C24H31N5O3S/c1-6-27-20-19(28(13-12-16(2)3)22(26-20)33-24(4,5)15-25)21(31)29(23(27)32)14-18(30)17-10-8-7-9-11-17/h7-12H,6,13-15,25H2,1-5H3. The number of hydrogen-bond donors (Lipinski definition) is 1. The Morgan fingerprint density at radius 3 is 2.36 bits per heavy atom. The fourth-order valence-electron chi connectivity index (χ4n) is 3.36. The highest BCUT2D eigenvalue weighted by molar-refractivity contribution is 8.00. The molecule has 0 radical (unpaired) electrons. The number of nitrogens with zero attached hydrogens (tertiary/aromatic N) is 4. The summed E-state index contributed by atoms with van der Waals surface area (Å²) in [5, 5.41) is 0.615. The van der Waals surface area contributed by atoms with Gasteiger partial charge in [0.15, 0.2) is 22.1 Å². The molecule has 176 valence electrons. The third-order valence-electron chi connectivity index (χ3n) is 5.33. The smallest absolute Gasteiger partial charge is 0.329 e.